The van der Waals surface area contributed by atoms with Gasteiger partial charge in [-0.2, -0.15) is 0 Å². The maximum atomic E-state index is 13.0. The number of H-pyrrole nitrogens is 1. The molecule has 0 saturated heterocycles. The van der Waals surface area contributed by atoms with Crippen LogP contribution in [0.3, 0.4) is 0 Å². The van der Waals surface area contributed by atoms with Crippen molar-refractivity contribution in [3.63, 3.8) is 0 Å². The maximum absolute atomic E-state index is 13.0. The lowest BCUT2D eigenvalue weighted by Crippen LogP contribution is -2.39. The minimum atomic E-state index is -0.0671. The van der Waals surface area contributed by atoms with Gasteiger partial charge in [0.1, 0.15) is 5.75 Å². The second-order valence-electron chi connectivity index (χ2n) is 8.36. The van der Waals surface area contributed by atoms with Crippen LogP contribution in [0, 0.1) is 0 Å². The van der Waals surface area contributed by atoms with E-state index in [1.54, 1.807) is 14.2 Å². The summed E-state index contributed by atoms with van der Waals surface area (Å²) in [5, 5.41) is 13.5. The lowest BCUT2D eigenvalue weighted by atomic mass is 10.0. The number of methoxy groups -OCH3 is 2. The summed E-state index contributed by atoms with van der Waals surface area (Å²) in [4.78, 5) is 18.5. The number of fused-ring (bicyclic) bond motifs is 1. The number of hydrogen-bond acceptors (Lipinski definition) is 7. The average molecular weight is 441 g/mol. The molecule has 3 aromatic rings. The Hall–Kier alpha value is -2.78. The van der Waals surface area contributed by atoms with E-state index in [9.17, 15) is 4.79 Å². The van der Waals surface area contributed by atoms with Crippen molar-refractivity contribution in [2.75, 3.05) is 20.8 Å². The Morgan fingerprint density at radius 2 is 2.06 bits per heavy atom. The van der Waals surface area contributed by atoms with Crippen LogP contribution in [0.15, 0.2) is 29.1 Å². The monoisotopic (exact) mass is 440 g/mol. The minimum absolute atomic E-state index is 0.0240. The van der Waals surface area contributed by atoms with Gasteiger partial charge in [0.2, 0.25) is 0 Å². The van der Waals surface area contributed by atoms with Crippen molar-refractivity contribution in [2.24, 2.45) is 0 Å². The lowest BCUT2D eigenvalue weighted by molar-refractivity contribution is 0.109. The zero-order valence-corrected chi connectivity index (χ0v) is 19.1. The smallest absolute Gasteiger partial charge is 0.252 e. The van der Waals surface area contributed by atoms with Gasteiger partial charge in [-0.15, -0.1) is 5.10 Å². The minimum Gasteiger partial charge on any atom is -0.497 e. The van der Waals surface area contributed by atoms with Gasteiger partial charge in [-0.3, -0.25) is 9.69 Å². The number of nitrogens with zero attached hydrogens (tertiary/aromatic N) is 5. The summed E-state index contributed by atoms with van der Waals surface area (Å²) in [6.07, 6.45) is 5.52. The third kappa shape index (κ3) is 4.68. The summed E-state index contributed by atoms with van der Waals surface area (Å²) in [6.45, 7) is 3.86. The first-order valence-electron chi connectivity index (χ1n) is 11.3. The molecule has 1 atom stereocenters. The highest BCUT2D eigenvalue weighted by molar-refractivity contribution is 5.80. The fourth-order valence-corrected chi connectivity index (χ4v) is 4.75. The molecule has 1 saturated carbocycles. The Kier molecular flexibility index (Phi) is 7.16. The maximum Gasteiger partial charge on any atom is 0.252 e. The summed E-state index contributed by atoms with van der Waals surface area (Å²) in [5.41, 5.74) is 1.47. The molecule has 0 spiro atoms. The number of rotatable bonds is 10. The molecule has 4 rings (SSSR count). The van der Waals surface area contributed by atoms with Crippen molar-refractivity contribution in [1.82, 2.24) is 30.1 Å². The van der Waals surface area contributed by atoms with Gasteiger partial charge in [0.25, 0.3) is 5.56 Å². The molecule has 9 heteroatoms. The predicted octanol–water partition coefficient (Wildman–Crippen LogP) is 3.07. The number of nitrogens with one attached hydrogen (secondary N) is 1. The summed E-state index contributed by atoms with van der Waals surface area (Å²) in [7, 11) is 3.30. The van der Waals surface area contributed by atoms with Crippen molar-refractivity contribution in [3.8, 4) is 5.75 Å². The van der Waals surface area contributed by atoms with E-state index in [1.807, 2.05) is 28.9 Å². The molecule has 172 valence electrons. The van der Waals surface area contributed by atoms with Gasteiger partial charge in [0, 0.05) is 31.3 Å². The van der Waals surface area contributed by atoms with Crippen LogP contribution in [-0.2, 0) is 17.8 Å². The molecule has 1 fully saturated rings. The van der Waals surface area contributed by atoms with Crippen molar-refractivity contribution in [2.45, 2.75) is 64.2 Å². The largest absolute Gasteiger partial charge is 0.497 e. The SMILES string of the molecule is CC[C@H](c1nnnn1CCOC)N(Cc1cc2ccc(OC)cc2[nH]c1=O)C1CCCC1. The normalized spacial score (nSPS) is 15.6. The molecular weight excluding hydrogens is 408 g/mol. The van der Waals surface area contributed by atoms with E-state index in [0.717, 1.165) is 47.3 Å². The highest BCUT2D eigenvalue weighted by Gasteiger charge is 2.32. The Labute approximate surface area is 187 Å². The molecule has 2 heterocycles. The van der Waals surface area contributed by atoms with Crippen molar-refractivity contribution in [1.29, 1.82) is 0 Å². The molecule has 0 bridgehead atoms. The standard InChI is InChI=1S/C23H32N6O3/c1-4-21(22-25-26-27-29(22)11-12-31-2)28(18-7-5-6-8-18)15-17-13-16-9-10-19(32-3)14-20(16)24-23(17)30/h9-10,13-14,18,21H,4-8,11-12,15H2,1-3H3,(H,24,30)/t21-/m1/s1. The first-order valence-corrected chi connectivity index (χ1v) is 11.3. The van der Waals surface area contributed by atoms with Crippen LogP contribution >= 0.6 is 0 Å². The van der Waals surface area contributed by atoms with E-state index in [1.165, 1.54) is 12.8 Å². The van der Waals surface area contributed by atoms with Gasteiger partial charge in [0.15, 0.2) is 5.82 Å². The van der Waals surface area contributed by atoms with Crippen LogP contribution in [0.5, 0.6) is 5.75 Å². The van der Waals surface area contributed by atoms with Gasteiger partial charge in [-0.25, -0.2) is 4.68 Å². The summed E-state index contributed by atoms with van der Waals surface area (Å²) in [5.74, 6) is 1.56. The first-order chi connectivity index (χ1) is 15.6. The van der Waals surface area contributed by atoms with Gasteiger partial charge >= 0.3 is 0 Å². The number of benzene rings is 1. The Morgan fingerprint density at radius 3 is 2.78 bits per heavy atom. The third-order valence-corrected chi connectivity index (χ3v) is 6.43. The highest BCUT2D eigenvalue weighted by Crippen LogP contribution is 2.33. The number of aromatic nitrogens is 5. The highest BCUT2D eigenvalue weighted by atomic mass is 16.5. The molecule has 2 aromatic heterocycles. The molecule has 1 aliphatic carbocycles. The van der Waals surface area contributed by atoms with E-state index in [0.29, 0.717) is 25.7 Å². The molecule has 1 N–H and O–H groups in total. The van der Waals surface area contributed by atoms with Gasteiger partial charge < -0.3 is 14.5 Å². The lowest BCUT2D eigenvalue weighted by Gasteiger charge is -2.35. The molecule has 0 amide bonds. The van der Waals surface area contributed by atoms with Gasteiger partial charge in [-0.05, 0) is 53.3 Å². The number of tetrazole rings is 1. The zero-order valence-electron chi connectivity index (χ0n) is 19.1. The van der Waals surface area contributed by atoms with E-state index in [4.69, 9.17) is 9.47 Å². The second kappa shape index (κ2) is 10.2. The van der Waals surface area contributed by atoms with E-state index in [-0.39, 0.29) is 11.6 Å². The molecule has 32 heavy (non-hydrogen) atoms. The fourth-order valence-electron chi connectivity index (χ4n) is 4.75. The fraction of sp³-hybridized carbons (Fsp3) is 0.565. The van der Waals surface area contributed by atoms with Crippen LogP contribution in [-0.4, -0.2) is 57.0 Å². The number of aromatic amines is 1. The van der Waals surface area contributed by atoms with Crippen LogP contribution in [0.25, 0.3) is 10.9 Å². The Morgan fingerprint density at radius 1 is 1.25 bits per heavy atom. The molecule has 1 aromatic carbocycles. The summed E-state index contributed by atoms with van der Waals surface area (Å²) < 4.78 is 12.3. The second-order valence-corrected chi connectivity index (χ2v) is 8.36. The predicted molar refractivity (Wildman–Crippen MR) is 122 cm³/mol. The topological polar surface area (TPSA) is 98.2 Å². The summed E-state index contributed by atoms with van der Waals surface area (Å²) >= 11 is 0. The first kappa shape index (κ1) is 22.4. The Bertz CT molecular complexity index is 1090. The molecule has 0 aliphatic heterocycles. The van der Waals surface area contributed by atoms with E-state index >= 15 is 0 Å². The van der Waals surface area contributed by atoms with Gasteiger partial charge in [-0.1, -0.05) is 19.8 Å². The van der Waals surface area contributed by atoms with Crippen LogP contribution in [0.1, 0.15) is 56.5 Å². The van der Waals surface area contributed by atoms with Crippen molar-refractivity contribution < 1.29 is 9.47 Å². The van der Waals surface area contributed by atoms with Crippen LogP contribution in [0.2, 0.25) is 0 Å². The van der Waals surface area contributed by atoms with Crippen LogP contribution < -0.4 is 10.3 Å². The molecule has 1 aliphatic rings. The third-order valence-electron chi connectivity index (χ3n) is 6.43. The van der Waals surface area contributed by atoms with Crippen molar-refractivity contribution in [3.05, 3.63) is 46.0 Å². The van der Waals surface area contributed by atoms with Gasteiger partial charge in [0.05, 0.1) is 31.8 Å². The van der Waals surface area contributed by atoms with Crippen LogP contribution in [0.4, 0.5) is 0 Å². The number of hydrogen-bond donors (Lipinski definition) is 1. The number of ether oxygens (including phenoxy) is 2. The quantitative estimate of drug-likeness (QED) is 0.517. The molecular formula is C23H32N6O3. The zero-order chi connectivity index (χ0) is 22.5. The Balaban J connectivity index is 1.68. The molecule has 0 radical (unpaired) electrons. The summed E-state index contributed by atoms with van der Waals surface area (Å²) in [6, 6.07) is 8.17. The number of pyridine rings is 1. The van der Waals surface area contributed by atoms with E-state index in [2.05, 4.69) is 32.3 Å². The molecule has 9 nitrogen and oxygen atoms in total. The average Bonchev–Trinajstić information content (AvgIpc) is 3.50. The molecule has 0 unspecified atom stereocenters. The van der Waals surface area contributed by atoms with Crippen molar-refractivity contribution >= 4 is 10.9 Å². The van der Waals surface area contributed by atoms with E-state index < -0.39 is 0 Å².